The molecule has 0 fully saturated rings. The van der Waals surface area contributed by atoms with Gasteiger partial charge in [0.05, 0.1) is 18.6 Å². The second-order valence-corrected chi connectivity index (χ2v) is 8.57. The standard InChI is InChI=1S/C25H36N2O5/c1-19(2)22-18-32-24(30)13-9-4-3-8-12-21(25(31)26-22)16-23(29)27(14-15-28)17-20-10-6-5-7-11-20/h3,5-8,10-11,19,21-22,28H,4,9,12-18H2,1-2H3,(H,26,31)/t21-,22-/m1/s1. The monoisotopic (exact) mass is 444 g/mol. The number of esters is 1. The fourth-order valence-corrected chi connectivity index (χ4v) is 3.54. The molecule has 32 heavy (non-hydrogen) atoms. The van der Waals surface area contributed by atoms with Crippen LogP contribution in [0.25, 0.3) is 0 Å². The Morgan fingerprint density at radius 2 is 1.97 bits per heavy atom. The van der Waals surface area contributed by atoms with Crippen molar-refractivity contribution in [2.24, 2.45) is 11.8 Å². The average Bonchev–Trinajstić information content (AvgIpc) is 2.78. The van der Waals surface area contributed by atoms with Gasteiger partial charge in [-0.1, -0.05) is 56.3 Å². The fourth-order valence-electron chi connectivity index (χ4n) is 3.54. The van der Waals surface area contributed by atoms with Crippen molar-refractivity contribution < 1.29 is 24.2 Å². The predicted octanol–water partition coefficient (Wildman–Crippen LogP) is 2.83. The number of hydrogen-bond donors (Lipinski definition) is 2. The molecule has 2 amide bonds. The molecule has 0 aromatic heterocycles. The quantitative estimate of drug-likeness (QED) is 0.498. The highest BCUT2D eigenvalue weighted by molar-refractivity contribution is 5.86. The number of aliphatic hydroxyl groups is 1. The van der Waals surface area contributed by atoms with E-state index in [0.717, 1.165) is 12.0 Å². The molecule has 7 heteroatoms. The molecule has 1 aliphatic heterocycles. The van der Waals surface area contributed by atoms with Gasteiger partial charge in [-0.05, 0) is 30.7 Å². The molecule has 0 spiro atoms. The SMILES string of the molecule is CC(C)[C@H]1COC(=O)CCCC=CC[C@H](CC(=O)N(CCO)Cc2ccccc2)C(=O)N1. The molecule has 2 atom stereocenters. The Morgan fingerprint density at radius 1 is 1.22 bits per heavy atom. The second kappa shape index (κ2) is 13.7. The van der Waals surface area contributed by atoms with Crippen LogP contribution in [0.4, 0.5) is 0 Å². The number of ether oxygens (including phenoxy) is 1. The fraction of sp³-hybridized carbons (Fsp3) is 0.560. The highest BCUT2D eigenvalue weighted by Crippen LogP contribution is 2.17. The van der Waals surface area contributed by atoms with Crippen LogP contribution < -0.4 is 5.32 Å². The molecule has 7 nitrogen and oxygen atoms in total. The molecule has 0 aliphatic carbocycles. The lowest BCUT2D eigenvalue weighted by molar-refractivity contribution is -0.145. The third-order valence-electron chi connectivity index (χ3n) is 5.63. The second-order valence-electron chi connectivity index (χ2n) is 8.57. The lowest BCUT2D eigenvalue weighted by Gasteiger charge is -2.27. The summed E-state index contributed by atoms with van der Waals surface area (Å²) in [6, 6.07) is 9.27. The molecule has 0 unspecified atom stereocenters. The summed E-state index contributed by atoms with van der Waals surface area (Å²) in [6.45, 7) is 4.49. The number of hydrogen-bond acceptors (Lipinski definition) is 5. The molecule has 0 saturated heterocycles. The maximum absolute atomic E-state index is 13.1. The van der Waals surface area contributed by atoms with Gasteiger partial charge in [-0.2, -0.15) is 0 Å². The van der Waals surface area contributed by atoms with E-state index in [0.29, 0.717) is 25.8 Å². The minimum Gasteiger partial charge on any atom is -0.463 e. The van der Waals surface area contributed by atoms with E-state index in [1.165, 1.54) is 0 Å². The van der Waals surface area contributed by atoms with Crippen LogP contribution >= 0.6 is 0 Å². The van der Waals surface area contributed by atoms with Crippen molar-refractivity contribution in [2.75, 3.05) is 19.8 Å². The van der Waals surface area contributed by atoms with Crippen molar-refractivity contribution in [2.45, 2.75) is 58.5 Å². The first-order valence-electron chi connectivity index (χ1n) is 11.4. The molecular formula is C25H36N2O5. The molecule has 1 aliphatic rings. The van der Waals surface area contributed by atoms with Crippen LogP contribution in [0, 0.1) is 11.8 Å². The topological polar surface area (TPSA) is 95.9 Å². The highest BCUT2D eigenvalue weighted by atomic mass is 16.5. The van der Waals surface area contributed by atoms with Crippen LogP contribution in [0.1, 0.15) is 51.5 Å². The molecule has 1 aromatic rings. The van der Waals surface area contributed by atoms with Gasteiger partial charge >= 0.3 is 5.97 Å². The Labute approximate surface area is 190 Å². The van der Waals surface area contributed by atoms with Crippen molar-refractivity contribution in [3.8, 4) is 0 Å². The van der Waals surface area contributed by atoms with E-state index in [1.54, 1.807) is 4.90 Å². The summed E-state index contributed by atoms with van der Waals surface area (Å²) in [5.41, 5.74) is 0.968. The van der Waals surface area contributed by atoms with E-state index in [2.05, 4.69) is 5.32 Å². The maximum Gasteiger partial charge on any atom is 0.305 e. The van der Waals surface area contributed by atoms with Crippen molar-refractivity contribution in [3.63, 3.8) is 0 Å². The van der Waals surface area contributed by atoms with E-state index in [9.17, 15) is 19.5 Å². The van der Waals surface area contributed by atoms with E-state index in [1.807, 2.05) is 56.3 Å². The van der Waals surface area contributed by atoms with Crippen LogP contribution in [0.5, 0.6) is 0 Å². The number of nitrogens with zero attached hydrogens (tertiary/aromatic N) is 1. The lowest BCUT2D eigenvalue weighted by Crippen LogP contribution is -2.46. The Morgan fingerprint density at radius 3 is 2.66 bits per heavy atom. The first kappa shape index (κ1) is 25.6. The molecular weight excluding hydrogens is 408 g/mol. The zero-order chi connectivity index (χ0) is 23.3. The average molecular weight is 445 g/mol. The van der Waals surface area contributed by atoms with E-state index in [-0.39, 0.29) is 55.9 Å². The van der Waals surface area contributed by atoms with Gasteiger partial charge in [-0.15, -0.1) is 0 Å². The van der Waals surface area contributed by atoms with Crippen molar-refractivity contribution in [3.05, 3.63) is 48.0 Å². The Balaban J connectivity index is 2.13. The van der Waals surface area contributed by atoms with E-state index in [4.69, 9.17) is 4.74 Å². The van der Waals surface area contributed by atoms with Gasteiger partial charge in [-0.3, -0.25) is 14.4 Å². The molecule has 2 rings (SSSR count). The van der Waals surface area contributed by atoms with Gasteiger partial charge in [-0.25, -0.2) is 0 Å². The number of benzene rings is 1. The maximum atomic E-state index is 13.1. The molecule has 1 aromatic carbocycles. The van der Waals surface area contributed by atoms with Crippen LogP contribution in [0.3, 0.4) is 0 Å². The summed E-state index contributed by atoms with van der Waals surface area (Å²) in [5.74, 6) is -1.11. The number of allylic oxidation sites excluding steroid dienone is 2. The van der Waals surface area contributed by atoms with Crippen LogP contribution in [-0.4, -0.2) is 53.6 Å². The van der Waals surface area contributed by atoms with Gasteiger partial charge in [0.25, 0.3) is 0 Å². The molecule has 1 heterocycles. The summed E-state index contributed by atoms with van der Waals surface area (Å²) in [6.07, 6.45) is 6.11. The zero-order valence-electron chi connectivity index (χ0n) is 19.2. The molecule has 0 bridgehead atoms. The van der Waals surface area contributed by atoms with E-state index >= 15 is 0 Å². The molecule has 2 N–H and O–H groups in total. The third-order valence-corrected chi connectivity index (χ3v) is 5.63. The Hall–Kier alpha value is -2.67. The van der Waals surface area contributed by atoms with Gasteiger partial charge in [0.15, 0.2) is 0 Å². The summed E-state index contributed by atoms with van der Waals surface area (Å²) in [7, 11) is 0. The summed E-state index contributed by atoms with van der Waals surface area (Å²) >= 11 is 0. The predicted molar refractivity (Wildman–Crippen MR) is 122 cm³/mol. The van der Waals surface area contributed by atoms with Crippen LogP contribution in [0.15, 0.2) is 42.5 Å². The minimum atomic E-state index is -0.534. The molecule has 0 radical (unpaired) electrons. The lowest BCUT2D eigenvalue weighted by atomic mass is 9.96. The molecule has 0 saturated carbocycles. The van der Waals surface area contributed by atoms with Crippen LogP contribution in [0.2, 0.25) is 0 Å². The zero-order valence-corrected chi connectivity index (χ0v) is 19.2. The van der Waals surface area contributed by atoms with Gasteiger partial charge in [0.1, 0.15) is 6.61 Å². The number of rotatable bonds is 7. The molecule has 176 valence electrons. The number of nitrogens with one attached hydrogen (secondary N) is 1. The number of cyclic esters (lactones) is 1. The van der Waals surface area contributed by atoms with Crippen molar-refractivity contribution in [1.29, 1.82) is 0 Å². The number of amides is 2. The van der Waals surface area contributed by atoms with Gasteiger partial charge in [0.2, 0.25) is 11.8 Å². The smallest absolute Gasteiger partial charge is 0.305 e. The normalized spacial score (nSPS) is 20.5. The Bertz CT molecular complexity index is 763. The Kier molecular flexibility index (Phi) is 10.9. The van der Waals surface area contributed by atoms with Crippen molar-refractivity contribution >= 4 is 17.8 Å². The third kappa shape index (κ3) is 8.83. The number of carbonyl (C=O) groups is 3. The van der Waals surface area contributed by atoms with Crippen molar-refractivity contribution in [1.82, 2.24) is 10.2 Å². The summed E-state index contributed by atoms with van der Waals surface area (Å²) in [5, 5.41) is 12.4. The van der Waals surface area contributed by atoms with Crippen LogP contribution in [-0.2, 0) is 25.7 Å². The largest absolute Gasteiger partial charge is 0.463 e. The minimum absolute atomic E-state index is 0.0492. The number of aliphatic hydroxyl groups excluding tert-OH is 1. The number of carbonyl (C=O) groups excluding carboxylic acids is 3. The van der Waals surface area contributed by atoms with Gasteiger partial charge < -0.3 is 20.1 Å². The summed E-state index contributed by atoms with van der Waals surface area (Å²) in [4.78, 5) is 39.7. The van der Waals surface area contributed by atoms with E-state index < -0.39 is 5.92 Å². The first-order chi connectivity index (χ1) is 15.4. The highest BCUT2D eigenvalue weighted by Gasteiger charge is 2.27. The summed E-state index contributed by atoms with van der Waals surface area (Å²) < 4.78 is 5.35. The first-order valence-corrected chi connectivity index (χ1v) is 11.4. The van der Waals surface area contributed by atoms with Gasteiger partial charge in [0, 0.05) is 25.9 Å².